The largest absolute Gasteiger partial charge is 0.328 e. The Labute approximate surface area is 171 Å². The van der Waals surface area contributed by atoms with E-state index >= 15 is 0 Å². The highest BCUT2D eigenvalue weighted by Gasteiger charge is 2.28. The molecule has 1 aliphatic carbocycles. The van der Waals surface area contributed by atoms with E-state index in [1.165, 1.54) is 10.6 Å². The Morgan fingerprint density at radius 3 is 2.63 bits per heavy atom. The van der Waals surface area contributed by atoms with Crippen molar-refractivity contribution < 1.29 is 9.18 Å². The molecule has 0 unspecified atom stereocenters. The molecule has 0 atom stereocenters. The third kappa shape index (κ3) is 2.67. The molecule has 1 aliphatic rings. The van der Waals surface area contributed by atoms with Gasteiger partial charge in [0.15, 0.2) is 5.69 Å². The molecule has 0 spiro atoms. The summed E-state index contributed by atoms with van der Waals surface area (Å²) in [5.41, 5.74) is 4.35. The molecule has 0 bridgehead atoms. The molecule has 0 saturated carbocycles. The predicted molar refractivity (Wildman–Crippen MR) is 112 cm³/mol. The standard InChI is InChI=1S/C22H20FN5O2/c1-26-18-11-10-13(12-19(18)27(2)22(26)30)24-21(29)20-14-6-5-9-16(14)28(25-20)17-8-4-3-7-15(17)23/h3-4,7-8,10-12H,5-6,9H2,1-2H3,(H,24,29). The summed E-state index contributed by atoms with van der Waals surface area (Å²) in [4.78, 5) is 25.2. The Balaban J connectivity index is 1.53. The zero-order chi connectivity index (χ0) is 21.0. The quantitative estimate of drug-likeness (QED) is 0.570. The number of rotatable bonds is 3. The minimum atomic E-state index is -0.378. The van der Waals surface area contributed by atoms with Gasteiger partial charge in [0, 0.05) is 31.0 Å². The lowest BCUT2D eigenvalue weighted by Gasteiger charge is -2.07. The number of aromatic nitrogens is 4. The van der Waals surface area contributed by atoms with E-state index < -0.39 is 0 Å². The van der Waals surface area contributed by atoms with Gasteiger partial charge in [-0.25, -0.2) is 13.9 Å². The second-order valence-corrected chi connectivity index (χ2v) is 7.55. The average Bonchev–Trinajstić information content (AvgIpc) is 3.40. The van der Waals surface area contributed by atoms with Gasteiger partial charge in [0.2, 0.25) is 0 Å². The van der Waals surface area contributed by atoms with Crippen molar-refractivity contribution in [2.75, 3.05) is 5.32 Å². The summed E-state index contributed by atoms with van der Waals surface area (Å²) in [6.07, 6.45) is 2.39. The molecule has 1 N–H and O–H groups in total. The first kappa shape index (κ1) is 18.4. The van der Waals surface area contributed by atoms with Gasteiger partial charge in [-0.05, 0) is 49.6 Å². The SMILES string of the molecule is Cn1c(=O)n(C)c2cc(NC(=O)c3nn(-c4ccccc4F)c4c3CCC4)ccc21. The molecular weight excluding hydrogens is 385 g/mol. The van der Waals surface area contributed by atoms with Gasteiger partial charge in [-0.3, -0.25) is 13.9 Å². The van der Waals surface area contributed by atoms with E-state index in [1.807, 2.05) is 0 Å². The molecule has 0 fully saturated rings. The molecule has 8 heteroatoms. The second-order valence-electron chi connectivity index (χ2n) is 7.55. The molecule has 0 saturated heterocycles. The maximum atomic E-state index is 14.3. The van der Waals surface area contributed by atoms with Crippen LogP contribution in [0.2, 0.25) is 0 Å². The number of fused-ring (bicyclic) bond motifs is 2. The molecule has 0 radical (unpaired) electrons. The summed E-state index contributed by atoms with van der Waals surface area (Å²) in [7, 11) is 3.40. The Bertz CT molecular complexity index is 1380. The van der Waals surface area contributed by atoms with E-state index in [9.17, 15) is 14.0 Å². The second kappa shape index (κ2) is 6.69. The van der Waals surface area contributed by atoms with Crippen molar-refractivity contribution >= 4 is 22.6 Å². The Morgan fingerprint density at radius 2 is 1.83 bits per heavy atom. The van der Waals surface area contributed by atoms with Crippen molar-refractivity contribution in [1.29, 1.82) is 0 Å². The van der Waals surface area contributed by atoms with Crippen molar-refractivity contribution in [1.82, 2.24) is 18.9 Å². The van der Waals surface area contributed by atoms with Gasteiger partial charge in [0.25, 0.3) is 5.91 Å². The van der Waals surface area contributed by atoms with Crippen LogP contribution in [0.5, 0.6) is 0 Å². The van der Waals surface area contributed by atoms with Gasteiger partial charge in [0.05, 0.1) is 11.0 Å². The van der Waals surface area contributed by atoms with Crippen LogP contribution in [0.4, 0.5) is 10.1 Å². The first-order valence-corrected chi connectivity index (χ1v) is 9.78. The lowest BCUT2D eigenvalue weighted by atomic mass is 10.2. The summed E-state index contributed by atoms with van der Waals surface area (Å²) >= 11 is 0. The van der Waals surface area contributed by atoms with Crippen LogP contribution < -0.4 is 11.0 Å². The van der Waals surface area contributed by atoms with E-state index in [1.54, 1.807) is 59.7 Å². The fourth-order valence-corrected chi connectivity index (χ4v) is 4.22. The number of imidazole rings is 1. The molecular formula is C22H20FN5O2. The van der Waals surface area contributed by atoms with Crippen LogP contribution in [0.25, 0.3) is 16.7 Å². The highest BCUT2D eigenvalue weighted by molar-refractivity contribution is 6.05. The maximum Gasteiger partial charge on any atom is 0.328 e. The van der Waals surface area contributed by atoms with Crippen molar-refractivity contribution in [3.05, 3.63) is 75.7 Å². The lowest BCUT2D eigenvalue weighted by molar-refractivity contribution is 0.102. The lowest BCUT2D eigenvalue weighted by Crippen LogP contribution is -2.19. The third-order valence-electron chi connectivity index (χ3n) is 5.76. The van der Waals surface area contributed by atoms with Crippen LogP contribution in [0.15, 0.2) is 47.3 Å². The first-order chi connectivity index (χ1) is 14.5. The number of carbonyl (C=O) groups excluding carboxylic acids is 1. The number of halogens is 1. The van der Waals surface area contributed by atoms with Gasteiger partial charge < -0.3 is 5.32 Å². The van der Waals surface area contributed by atoms with Crippen molar-refractivity contribution in [2.45, 2.75) is 19.3 Å². The molecule has 152 valence electrons. The number of nitrogens with one attached hydrogen (secondary N) is 1. The van der Waals surface area contributed by atoms with Gasteiger partial charge in [-0.2, -0.15) is 5.10 Å². The van der Waals surface area contributed by atoms with Crippen LogP contribution in [0.1, 0.15) is 28.2 Å². The van der Waals surface area contributed by atoms with Gasteiger partial charge in [-0.15, -0.1) is 0 Å². The molecule has 0 aliphatic heterocycles. The minimum Gasteiger partial charge on any atom is -0.321 e. The summed E-state index contributed by atoms with van der Waals surface area (Å²) in [5, 5.41) is 7.34. The predicted octanol–water partition coefficient (Wildman–Crippen LogP) is 2.94. The zero-order valence-electron chi connectivity index (χ0n) is 16.6. The maximum absolute atomic E-state index is 14.3. The first-order valence-electron chi connectivity index (χ1n) is 9.78. The number of hydrogen-bond donors (Lipinski definition) is 1. The molecule has 4 aromatic rings. The fourth-order valence-electron chi connectivity index (χ4n) is 4.22. The number of para-hydroxylation sites is 1. The number of anilines is 1. The summed E-state index contributed by atoms with van der Waals surface area (Å²) in [5.74, 6) is -0.722. The Kier molecular flexibility index (Phi) is 4.09. The minimum absolute atomic E-state index is 0.130. The van der Waals surface area contributed by atoms with Gasteiger partial charge >= 0.3 is 5.69 Å². The third-order valence-corrected chi connectivity index (χ3v) is 5.76. The zero-order valence-corrected chi connectivity index (χ0v) is 16.6. The highest BCUT2D eigenvalue weighted by Crippen LogP contribution is 2.29. The Hall–Kier alpha value is -3.68. The highest BCUT2D eigenvalue weighted by atomic mass is 19.1. The molecule has 2 aromatic carbocycles. The number of amides is 1. The van der Waals surface area contributed by atoms with Crippen LogP contribution in [-0.2, 0) is 26.9 Å². The average molecular weight is 405 g/mol. The van der Waals surface area contributed by atoms with Crippen molar-refractivity contribution in [2.24, 2.45) is 14.1 Å². The van der Waals surface area contributed by atoms with Crippen LogP contribution in [0, 0.1) is 5.82 Å². The van der Waals surface area contributed by atoms with E-state index in [0.717, 1.165) is 41.6 Å². The molecule has 2 heterocycles. The molecule has 7 nitrogen and oxygen atoms in total. The van der Waals surface area contributed by atoms with E-state index in [2.05, 4.69) is 10.4 Å². The molecule has 5 rings (SSSR count). The number of benzene rings is 2. The summed E-state index contributed by atoms with van der Waals surface area (Å²) in [6, 6.07) is 11.7. The summed E-state index contributed by atoms with van der Waals surface area (Å²) in [6.45, 7) is 0. The summed E-state index contributed by atoms with van der Waals surface area (Å²) < 4.78 is 19.0. The molecule has 30 heavy (non-hydrogen) atoms. The monoisotopic (exact) mass is 405 g/mol. The smallest absolute Gasteiger partial charge is 0.321 e. The van der Waals surface area contributed by atoms with Gasteiger partial charge in [0.1, 0.15) is 11.5 Å². The van der Waals surface area contributed by atoms with Crippen molar-refractivity contribution in [3.8, 4) is 5.69 Å². The fraction of sp³-hybridized carbons (Fsp3) is 0.227. The van der Waals surface area contributed by atoms with E-state index in [0.29, 0.717) is 17.1 Å². The van der Waals surface area contributed by atoms with Crippen LogP contribution >= 0.6 is 0 Å². The van der Waals surface area contributed by atoms with Crippen LogP contribution in [-0.4, -0.2) is 24.8 Å². The number of hydrogen-bond acceptors (Lipinski definition) is 3. The van der Waals surface area contributed by atoms with Crippen molar-refractivity contribution in [3.63, 3.8) is 0 Å². The number of aryl methyl sites for hydroxylation is 2. The molecule has 2 aromatic heterocycles. The normalized spacial score (nSPS) is 13.0. The van der Waals surface area contributed by atoms with Crippen LogP contribution in [0.3, 0.4) is 0 Å². The van der Waals surface area contributed by atoms with E-state index in [-0.39, 0.29) is 17.4 Å². The number of nitrogens with zero attached hydrogens (tertiary/aromatic N) is 4. The molecule has 1 amide bonds. The number of carbonyl (C=O) groups is 1. The van der Waals surface area contributed by atoms with E-state index in [4.69, 9.17) is 0 Å². The topological polar surface area (TPSA) is 73.8 Å². The Morgan fingerprint density at radius 1 is 1.07 bits per heavy atom. The van der Waals surface area contributed by atoms with Gasteiger partial charge in [-0.1, -0.05) is 12.1 Å².